The molecule has 118 valence electrons. The molecule has 4 nitrogen and oxygen atoms in total. The molecule has 2 aliphatic heterocycles. The smallest absolute Gasteiger partial charge is 0.0991 e. The Bertz CT molecular complexity index is 506. The summed E-state index contributed by atoms with van der Waals surface area (Å²) in [4.78, 5) is 5.22. The van der Waals surface area contributed by atoms with Crippen LogP contribution in [0.3, 0.4) is 0 Å². The van der Waals surface area contributed by atoms with Crippen LogP contribution in [0.25, 0.3) is 0 Å². The van der Waals surface area contributed by atoms with E-state index in [1.807, 2.05) is 18.2 Å². The zero-order valence-electron chi connectivity index (χ0n) is 13.3. The number of nitriles is 1. The fourth-order valence-electron chi connectivity index (χ4n) is 3.67. The zero-order chi connectivity index (χ0) is 15.2. The third-order valence-corrected chi connectivity index (χ3v) is 4.91. The molecule has 3 rings (SSSR count). The number of benzene rings is 1. The van der Waals surface area contributed by atoms with Crippen molar-refractivity contribution in [2.45, 2.75) is 31.8 Å². The molecule has 22 heavy (non-hydrogen) atoms. The molecule has 1 N–H and O–H groups in total. The van der Waals surface area contributed by atoms with Gasteiger partial charge in [0.1, 0.15) is 0 Å². The van der Waals surface area contributed by atoms with Crippen LogP contribution in [0.4, 0.5) is 0 Å². The molecule has 0 unspecified atom stereocenters. The van der Waals surface area contributed by atoms with Crippen molar-refractivity contribution in [1.29, 1.82) is 5.26 Å². The van der Waals surface area contributed by atoms with Gasteiger partial charge in [-0.15, -0.1) is 0 Å². The van der Waals surface area contributed by atoms with Crippen LogP contribution in [0.1, 0.15) is 30.4 Å². The van der Waals surface area contributed by atoms with E-state index >= 15 is 0 Å². The lowest BCUT2D eigenvalue weighted by atomic mass is 10.0. The number of piperidine rings is 1. The molecule has 0 bridgehead atoms. The standard InChI is InChI=1S/C18H26N4/c19-14-16-3-1-4-17(13-16)15-21-10-5-18(6-11-21)22-9-2-7-20-8-12-22/h1,3-4,13,18,20H,2,5-12,15H2. The summed E-state index contributed by atoms with van der Waals surface area (Å²) in [6.07, 6.45) is 3.83. The molecule has 0 atom stereocenters. The lowest BCUT2D eigenvalue weighted by Crippen LogP contribution is -2.45. The first-order valence-electron chi connectivity index (χ1n) is 8.51. The van der Waals surface area contributed by atoms with Gasteiger partial charge in [0.2, 0.25) is 0 Å². The van der Waals surface area contributed by atoms with Crippen LogP contribution in [0.5, 0.6) is 0 Å². The molecule has 1 aromatic carbocycles. The second-order valence-corrected chi connectivity index (χ2v) is 6.46. The lowest BCUT2D eigenvalue weighted by Gasteiger charge is -2.38. The van der Waals surface area contributed by atoms with Crippen LogP contribution < -0.4 is 5.32 Å². The van der Waals surface area contributed by atoms with Gasteiger partial charge in [-0.2, -0.15) is 5.26 Å². The van der Waals surface area contributed by atoms with Crippen LogP contribution in [0.15, 0.2) is 24.3 Å². The number of likely N-dealkylation sites (tertiary alicyclic amines) is 1. The van der Waals surface area contributed by atoms with Gasteiger partial charge in [-0.05, 0) is 63.1 Å². The van der Waals surface area contributed by atoms with Gasteiger partial charge < -0.3 is 5.32 Å². The number of nitrogens with one attached hydrogen (secondary N) is 1. The van der Waals surface area contributed by atoms with Gasteiger partial charge in [-0.3, -0.25) is 9.80 Å². The van der Waals surface area contributed by atoms with Crippen molar-refractivity contribution in [1.82, 2.24) is 15.1 Å². The molecule has 2 saturated heterocycles. The van der Waals surface area contributed by atoms with Crippen molar-refractivity contribution in [3.63, 3.8) is 0 Å². The Morgan fingerprint density at radius 3 is 2.82 bits per heavy atom. The molecular formula is C18H26N4. The Morgan fingerprint density at radius 1 is 1.14 bits per heavy atom. The Balaban J connectivity index is 1.50. The van der Waals surface area contributed by atoms with Crippen molar-refractivity contribution in [3.8, 4) is 6.07 Å². The third-order valence-electron chi connectivity index (χ3n) is 4.91. The molecule has 0 radical (unpaired) electrons. The molecular weight excluding hydrogens is 272 g/mol. The maximum atomic E-state index is 9.00. The summed E-state index contributed by atoms with van der Waals surface area (Å²) in [5, 5.41) is 12.5. The highest BCUT2D eigenvalue weighted by Crippen LogP contribution is 2.19. The topological polar surface area (TPSA) is 42.3 Å². The Labute approximate surface area is 133 Å². The maximum absolute atomic E-state index is 9.00. The summed E-state index contributed by atoms with van der Waals surface area (Å²) in [5.41, 5.74) is 2.03. The predicted molar refractivity (Wildman–Crippen MR) is 88.5 cm³/mol. The monoisotopic (exact) mass is 298 g/mol. The minimum atomic E-state index is 0.765. The first-order chi connectivity index (χ1) is 10.8. The fraction of sp³-hybridized carbons (Fsp3) is 0.611. The van der Waals surface area contributed by atoms with Crippen LogP contribution in [-0.2, 0) is 6.54 Å². The number of nitrogens with zero attached hydrogens (tertiary/aromatic N) is 3. The van der Waals surface area contributed by atoms with E-state index in [0.29, 0.717) is 0 Å². The van der Waals surface area contributed by atoms with Crippen LogP contribution in [-0.4, -0.2) is 55.1 Å². The molecule has 0 saturated carbocycles. The number of rotatable bonds is 3. The third kappa shape index (κ3) is 4.07. The summed E-state index contributed by atoms with van der Waals surface area (Å²) in [7, 11) is 0. The van der Waals surface area contributed by atoms with E-state index in [-0.39, 0.29) is 0 Å². The Kier molecular flexibility index (Phi) is 5.44. The van der Waals surface area contributed by atoms with Crippen molar-refractivity contribution in [3.05, 3.63) is 35.4 Å². The van der Waals surface area contributed by atoms with Crippen molar-refractivity contribution >= 4 is 0 Å². The maximum Gasteiger partial charge on any atom is 0.0991 e. The molecule has 2 heterocycles. The van der Waals surface area contributed by atoms with Crippen LogP contribution >= 0.6 is 0 Å². The molecule has 4 heteroatoms. The van der Waals surface area contributed by atoms with Gasteiger partial charge in [0.25, 0.3) is 0 Å². The largest absolute Gasteiger partial charge is 0.315 e. The quantitative estimate of drug-likeness (QED) is 0.924. The van der Waals surface area contributed by atoms with Crippen molar-refractivity contribution < 1.29 is 0 Å². The molecule has 2 aliphatic rings. The molecule has 0 aromatic heterocycles. The molecule has 0 spiro atoms. The fourth-order valence-corrected chi connectivity index (χ4v) is 3.67. The second kappa shape index (κ2) is 7.73. The SMILES string of the molecule is N#Cc1cccc(CN2CCC(N3CCCNCC3)CC2)c1. The van der Waals surface area contributed by atoms with E-state index in [9.17, 15) is 0 Å². The predicted octanol–water partition coefficient (Wildman–Crippen LogP) is 1.82. The minimum absolute atomic E-state index is 0.765. The second-order valence-electron chi connectivity index (χ2n) is 6.46. The van der Waals surface area contributed by atoms with Gasteiger partial charge in [0.15, 0.2) is 0 Å². The van der Waals surface area contributed by atoms with Gasteiger partial charge >= 0.3 is 0 Å². The van der Waals surface area contributed by atoms with Crippen molar-refractivity contribution in [2.75, 3.05) is 39.3 Å². The summed E-state index contributed by atoms with van der Waals surface area (Å²) < 4.78 is 0. The van der Waals surface area contributed by atoms with E-state index in [0.717, 1.165) is 24.7 Å². The van der Waals surface area contributed by atoms with Gasteiger partial charge in [0, 0.05) is 25.7 Å². The summed E-state index contributed by atoms with van der Waals surface area (Å²) >= 11 is 0. The van der Waals surface area contributed by atoms with E-state index in [2.05, 4.69) is 27.3 Å². The molecule has 2 fully saturated rings. The highest BCUT2D eigenvalue weighted by atomic mass is 15.2. The van der Waals surface area contributed by atoms with E-state index in [1.165, 1.54) is 57.5 Å². The summed E-state index contributed by atoms with van der Waals surface area (Å²) in [5.74, 6) is 0. The van der Waals surface area contributed by atoms with E-state index in [4.69, 9.17) is 5.26 Å². The minimum Gasteiger partial charge on any atom is -0.315 e. The Hall–Kier alpha value is -1.41. The van der Waals surface area contributed by atoms with E-state index in [1.54, 1.807) is 0 Å². The molecule has 0 aliphatic carbocycles. The average Bonchev–Trinajstić information content (AvgIpc) is 2.85. The highest BCUT2D eigenvalue weighted by molar-refractivity contribution is 5.32. The number of hydrogen-bond acceptors (Lipinski definition) is 4. The van der Waals surface area contributed by atoms with E-state index < -0.39 is 0 Å². The van der Waals surface area contributed by atoms with Crippen LogP contribution in [0.2, 0.25) is 0 Å². The summed E-state index contributed by atoms with van der Waals surface area (Å²) in [6.45, 7) is 8.09. The average molecular weight is 298 g/mol. The normalized spacial score (nSPS) is 22.1. The number of hydrogen-bond donors (Lipinski definition) is 1. The summed E-state index contributed by atoms with van der Waals surface area (Å²) in [6, 6.07) is 11.0. The molecule has 0 amide bonds. The van der Waals surface area contributed by atoms with Gasteiger partial charge in [0.05, 0.1) is 11.6 Å². The van der Waals surface area contributed by atoms with Gasteiger partial charge in [-0.25, -0.2) is 0 Å². The lowest BCUT2D eigenvalue weighted by molar-refractivity contribution is 0.109. The molecule has 1 aromatic rings. The Morgan fingerprint density at radius 2 is 2.00 bits per heavy atom. The first-order valence-corrected chi connectivity index (χ1v) is 8.51. The highest BCUT2D eigenvalue weighted by Gasteiger charge is 2.24. The zero-order valence-corrected chi connectivity index (χ0v) is 13.3. The van der Waals surface area contributed by atoms with Crippen molar-refractivity contribution in [2.24, 2.45) is 0 Å². The van der Waals surface area contributed by atoms with Crippen LogP contribution in [0, 0.1) is 11.3 Å². The first kappa shape index (κ1) is 15.5. The van der Waals surface area contributed by atoms with Gasteiger partial charge in [-0.1, -0.05) is 12.1 Å².